The number of nitrogens with one attached hydrogen (secondary N) is 1. The van der Waals surface area contributed by atoms with Gasteiger partial charge in [0.1, 0.15) is 5.82 Å². The number of rotatable bonds is 5. The van der Waals surface area contributed by atoms with Crippen LogP contribution in [0.5, 0.6) is 0 Å². The number of benzene rings is 1. The second-order valence-corrected chi connectivity index (χ2v) is 4.58. The van der Waals surface area contributed by atoms with Gasteiger partial charge >= 0.3 is 0 Å². The summed E-state index contributed by atoms with van der Waals surface area (Å²) in [6.07, 6.45) is 1.50. The maximum Gasteiger partial charge on any atom is 0.269 e. The van der Waals surface area contributed by atoms with Gasteiger partial charge in [0, 0.05) is 24.7 Å². The van der Waals surface area contributed by atoms with E-state index < -0.39 is 5.82 Å². The molecule has 1 heterocycles. The lowest BCUT2D eigenvalue weighted by Gasteiger charge is -2.08. The van der Waals surface area contributed by atoms with Crippen molar-refractivity contribution in [3.8, 4) is 0 Å². The van der Waals surface area contributed by atoms with Crippen LogP contribution in [0.4, 0.5) is 10.1 Å². The van der Waals surface area contributed by atoms with Gasteiger partial charge in [-0.1, -0.05) is 23.7 Å². The summed E-state index contributed by atoms with van der Waals surface area (Å²) in [5.74, 6) is -0.534. The number of halogens is 2. The molecule has 0 atom stereocenters. The van der Waals surface area contributed by atoms with E-state index in [1.54, 1.807) is 12.1 Å². The Morgan fingerprint density at radius 1 is 1.45 bits per heavy atom. The standard InChI is InChI=1S/C13H14ClFN4O/c14-11-3-1-2-9(13(11)15)8-19-12(20)6-10(7-18-19)17-5-4-16/h1-3,6-7,17H,4-5,8,16H2. The third-order valence-electron chi connectivity index (χ3n) is 2.69. The van der Waals surface area contributed by atoms with Gasteiger partial charge in [0.05, 0.1) is 23.5 Å². The zero-order valence-corrected chi connectivity index (χ0v) is 11.4. The van der Waals surface area contributed by atoms with Gasteiger partial charge in [0.2, 0.25) is 0 Å². The van der Waals surface area contributed by atoms with Crippen LogP contribution in [-0.4, -0.2) is 22.9 Å². The van der Waals surface area contributed by atoms with Crippen LogP contribution in [0.15, 0.2) is 35.3 Å². The van der Waals surface area contributed by atoms with Crippen molar-refractivity contribution in [2.24, 2.45) is 5.73 Å². The van der Waals surface area contributed by atoms with Gasteiger partial charge in [-0.3, -0.25) is 4.79 Å². The predicted molar refractivity (Wildman–Crippen MR) is 76.6 cm³/mol. The minimum absolute atomic E-state index is 0.0248. The molecule has 1 aromatic heterocycles. The molecule has 0 saturated carbocycles. The molecule has 20 heavy (non-hydrogen) atoms. The van der Waals surface area contributed by atoms with Gasteiger partial charge in [-0.2, -0.15) is 5.10 Å². The monoisotopic (exact) mass is 296 g/mol. The molecule has 0 radical (unpaired) electrons. The number of hydrogen-bond donors (Lipinski definition) is 2. The normalized spacial score (nSPS) is 10.6. The van der Waals surface area contributed by atoms with Gasteiger partial charge in [-0.05, 0) is 6.07 Å². The van der Waals surface area contributed by atoms with Gasteiger partial charge < -0.3 is 11.1 Å². The minimum Gasteiger partial charge on any atom is -0.382 e. The Kier molecular flexibility index (Phi) is 4.70. The minimum atomic E-state index is -0.534. The summed E-state index contributed by atoms with van der Waals surface area (Å²) in [6, 6.07) is 6.04. The highest BCUT2D eigenvalue weighted by Gasteiger charge is 2.08. The van der Waals surface area contributed by atoms with E-state index in [0.717, 1.165) is 0 Å². The first-order chi connectivity index (χ1) is 9.61. The number of hydrogen-bond acceptors (Lipinski definition) is 4. The van der Waals surface area contributed by atoms with E-state index in [1.807, 2.05) is 0 Å². The molecule has 1 aromatic carbocycles. The molecule has 7 heteroatoms. The summed E-state index contributed by atoms with van der Waals surface area (Å²) < 4.78 is 14.9. The van der Waals surface area contributed by atoms with E-state index in [4.69, 9.17) is 17.3 Å². The molecular weight excluding hydrogens is 283 g/mol. The zero-order chi connectivity index (χ0) is 14.5. The second kappa shape index (κ2) is 6.49. The van der Waals surface area contributed by atoms with Crippen LogP contribution in [0.2, 0.25) is 5.02 Å². The third-order valence-corrected chi connectivity index (χ3v) is 2.99. The maximum atomic E-state index is 13.8. The molecule has 0 amide bonds. The van der Waals surface area contributed by atoms with E-state index >= 15 is 0 Å². The Hall–Kier alpha value is -1.92. The first-order valence-corrected chi connectivity index (χ1v) is 6.43. The first kappa shape index (κ1) is 14.5. The molecule has 0 bridgehead atoms. The van der Waals surface area contributed by atoms with E-state index in [9.17, 15) is 9.18 Å². The predicted octanol–water partition coefficient (Wildman–Crippen LogP) is 1.45. The largest absolute Gasteiger partial charge is 0.382 e. The molecule has 0 aliphatic rings. The van der Waals surface area contributed by atoms with Gasteiger partial charge in [0.15, 0.2) is 0 Å². The van der Waals surface area contributed by atoms with Crippen molar-refractivity contribution in [1.29, 1.82) is 0 Å². The van der Waals surface area contributed by atoms with Crippen molar-refractivity contribution < 1.29 is 4.39 Å². The van der Waals surface area contributed by atoms with E-state index in [-0.39, 0.29) is 17.1 Å². The molecule has 0 fully saturated rings. The average Bonchev–Trinajstić information content (AvgIpc) is 2.44. The number of anilines is 1. The summed E-state index contributed by atoms with van der Waals surface area (Å²) in [5, 5.41) is 6.96. The van der Waals surface area contributed by atoms with Gasteiger partial charge in [-0.15, -0.1) is 0 Å². The van der Waals surface area contributed by atoms with Crippen molar-refractivity contribution in [1.82, 2.24) is 9.78 Å². The van der Waals surface area contributed by atoms with Crippen molar-refractivity contribution >= 4 is 17.3 Å². The molecule has 0 aliphatic carbocycles. The number of aromatic nitrogens is 2. The van der Waals surface area contributed by atoms with E-state index in [2.05, 4.69) is 10.4 Å². The van der Waals surface area contributed by atoms with Crippen LogP contribution in [0, 0.1) is 5.82 Å². The fraction of sp³-hybridized carbons (Fsp3) is 0.231. The third kappa shape index (κ3) is 3.34. The Morgan fingerprint density at radius 2 is 2.25 bits per heavy atom. The summed E-state index contributed by atoms with van der Waals surface area (Å²) in [5.41, 5.74) is 5.93. The molecular formula is C13H14ClFN4O. The van der Waals surface area contributed by atoms with Crippen molar-refractivity contribution in [2.75, 3.05) is 18.4 Å². The lowest BCUT2D eigenvalue weighted by Crippen LogP contribution is -2.24. The van der Waals surface area contributed by atoms with Crippen LogP contribution in [-0.2, 0) is 6.54 Å². The summed E-state index contributed by atoms with van der Waals surface area (Å²) >= 11 is 5.70. The molecule has 0 spiro atoms. The Morgan fingerprint density at radius 3 is 2.95 bits per heavy atom. The highest BCUT2D eigenvalue weighted by molar-refractivity contribution is 6.30. The second-order valence-electron chi connectivity index (χ2n) is 4.17. The Bertz CT molecular complexity index is 659. The fourth-order valence-electron chi connectivity index (χ4n) is 1.70. The fourth-order valence-corrected chi connectivity index (χ4v) is 1.89. The topological polar surface area (TPSA) is 72.9 Å². The van der Waals surface area contributed by atoms with Crippen LogP contribution >= 0.6 is 11.6 Å². The first-order valence-electron chi connectivity index (χ1n) is 6.06. The summed E-state index contributed by atoms with van der Waals surface area (Å²) in [4.78, 5) is 11.9. The van der Waals surface area contributed by atoms with Crippen molar-refractivity contribution in [3.05, 3.63) is 57.2 Å². The van der Waals surface area contributed by atoms with Crippen molar-refractivity contribution in [2.45, 2.75) is 6.54 Å². The maximum absolute atomic E-state index is 13.8. The smallest absolute Gasteiger partial charge is 0.269 e. The lowest BCUT2D eigenvalue weighted by atomic mass is 10.2. The molecule has 106 valence electrons. The molecule has 5 nitrogen and oxygen atoms in total. The number of nitrogens with zero attached hydrogens (tertiary/aromatic N) is 2. The Balaban J connectivity index is 2.22. The van der Waals surface area contributed by atoms with Gasteiger partial charge in [-0.25, -0.2) is 9.07 Å². The van der Waals surface area contributed by atoms with E-state index in [1.165, 1.54) is 23.0 Å². The molecule has 0 saturated heterocycles. The Labute approximate surface area is 120 Å². The summed E-state index contributed by atoms with van der Waals surface area (Å²) in [6.45, 7) is 1.03. The van der Waals surface area contributed by atoms with Crippen LogP contribution in [0.1, 0.15) is 5.56 Å². The summed E-state index contributed by atoms with van der Waals surface area (Å²) in [7, 11) is 0. The molecule has 2 aromatic rings. The molecule has 2 rings (SSSR count). The van der Waals surface area contributed by atoms with Crippen LogP contribution in [0.3, 0.4) is 0 Å². The van der Waals surface area contributed by atoms with Crippen LogP contribution in [0.25, 0.3) is 0 Å². The molecule has 0 aliphatic heterocycles. The van der Waals surface area contributed by atoms with Crippen molar-refractivity contribution in [3.63, 3.8) is 0 Å². The average molecular weight is 297 g/mol. The molecule has 3 N–H and O–H groups in total. The lowest BCUT2D eigenvalue weighted by molar-refractivity contribution is 0.573. The zero-order valence-electron chi connectivity index (χ0n) is 10.6. The highest BCUT2D eigenvalue weighted by Crippen LogP contribution is 2.18. The molecule has 0 unspecified atom stereocenters. The number of nitrogens with two attached hydrogens (primary N) is 1. The SMILES string of the molecule is NCCNc1cnn(Cc2cccc(Cl)c2F)c(=O)c1. The highest BCUT2D eigenvalue weighted by atomic mass is 35.5. The van der Waals surface area contributed by atoms with E-state index in [0.29, 0.717) is 24.3 Å². The van der Waals surface area contributed by atoms with Gasteiger partial charge in [0.25, 0.3) is 5.56 Å². The van der Waals surface area contributed by atoms with Crippen LogP contribution < -0.4 is 16.6 Å². The quantitative estimate of drug-likeness (QED) is 0.876.